The van der Waals surface area contributed by atoms with Gasteiger partial charge in [-0.15, -0.1) is 0 Å². The maximum Gasteiger partial charge on any atom is 0.171 e. The Morgan fingerprint density at radius 1 is 0.367 bits per heavy atom. The molecule has 0 bridgehead atoms. The summed E-state index contributed by atoms with van der Waals surface area (Å²) >= 11 is 0. The van der Waals surface area contributed by atoms with Crippen molar-refractivity contribution in [3.63, 3.8) is 0 Å². The van der Waals surface area contributed by atoms with Gasteiger partial charge in [-0.25, -0.2) is 0 Å². The van der Waals surface area contributed by atoms with Crippen molar-refractivity contribution >= 4 is 55.6 Å². The van der Waals surface area contributed by atoms with E-state index >= 15 is 0 Å². The van der Waals surface area contributed by atoms with Gasteiger partial charge in [-0.2, -0.15) is 0 Å². The third-order valence-electron chi connectivity index (χ3n) is 9.69. The molecule has 0 saturated carbocycles. The minimum Gasteiger partial charge on any atom is -0.309 e. The molecular weight excluding hydrogens is 613 g/mol. The van der Waals surface area contributed by atoms with Crippen molar-refractivity contribution < 1.29 is 4.57 Å². The van der Waals surface area contributed by atoms with E-state index in [0.29, 0.717) is 0 Å². The topological polar surface area (TPSA) is 22.0 Å². The van der Waals surface area contributed by atoms with Crippen LogP contribution in [0.3, 0.4) is 0 Å². The number of para-hydroxylation sites is 1. The van der Waals surface area contributed by atoms with Gasteiger partial charge in [0.1, 0.15) is 0 Å². The Bertz CT molecular complexity index is 2600. The third kappa shape index (κ3) is 4.92. The molecule has 3 heteroatoms. The van der Waals surface area contributed by atoms with Crippen molar-refractivity contribution in [1.82, 2.24) is 4.57 Å². The number of hydrogen-bond donors (Lipinski definition) is 0. The van der Waals surface area contributed by atoms with Gasteiger partial charge in [-0.3, -0.25) is 0 Å². The van der Waals surface area contributed by atoms with E-state index in [2.05, 4.69) is 126 Å². The van der Waals surface area contributed by atoms with E-state index in [1.54, 1.807) is 0 Å². The molecule has 0 spiro atoms. The smallest absolute Gasteiger partial charge is 0.171 e. The summed E-state index contributed by atoms with van der Waals surface area (Å²) in [6, 6.07) is 67.3. The predicted octanol–water partition coefficient (Wildman–Crippen LogP) is 10.9. The van der Waals surface area contributed by atoms with Gasteiger partial charge in [-0.1, -0.05) is 164 Å². The molecule has 49 heavy (non-hydrogen) atoms. The molecule has 232 valence electrons. The highest BCUT2D eigenvalue weighted by Gasteiger charge is 2.29. The Labute approximate surface area is 285 Å². The lowest BCUT2D eigenvalue weighted by Crippen LogP contribution is -2.24. The number of aromatic nitrogens is 1. The first-order chi connectivity index (χ1) is 24.2. The first-order valence-electron chi connectivity index (χ1n) is 16.6. The average molecular weight is 646 g/mol. The van der Waals surface area contributed by atoms with Crippen molar-refractivity contribution in [1.29, 1.82) is 0 Å². The molecule has 0 amide bonds. The molecule has 2 nitrogen and oxygen atoms in total. The van der Waals surface area contributed by atoms with Gasteiger partial charge >= 0.3 is 0 Å². The van der Waals surface area contributed by atoms with Crippen molar-refractivity contribution in [3.8, 4) is 27.9 Å². The lowest BCUT2D eigenvalue weighted by atomic mass is 9.98. The fourth-order valence-corrected chi connectivity index (χ4v) is 9.91. The molecule has 1 heterocycles. The van der Waals surface area contributed by atoms with E-state index in [1.807, 2.05) is 72.8 Å². The number of nitrogens with zero attached hydrogens (tertiary/aromatic N) is 1. The van der Waals surface area contributed by atoms with Crippen LogP contribution in [-0.4, -0.2) is 4.57 Å². The molecule has 0 N–H and O–H groups in total. The molecule has 0 unspecified atom stereocenters. The van der Waals surface area contributed by atoms with Crippen molar-refractivity contribution in [2.75, 3.05) is 0 Å². The highest BCUT2D eigenvalue weighted by Crippen LogP contribution is 2.43. The van der Waals surface area contributed by atoms with Crippen LogP contribution in [0.4, 0.5) is 0 Å². The van der Waals surface area contributed by atoms with Crippen molar-refractivity contribution in [3.05, 3.63) is 194 Å². The molecular formula is C46H32NOP. The molecule has 8 aromatic carbocycles. The molecule has 0 saturated heterocycles. The SMILES string of the molecule is O=P(c1ccccc1)(c1ccccc1)c1ccc(-c2ccc(-c3ccc4c(c3)c3c5ccccc5ccc3n4-c3ccccc3)cc2)cc1. The second-order valence-corrected chi connectivity index (χ2v) is 15.3. The third-order valence-corrected chi connectivity index (χ3v) is 12.8. The molecule has 1 aromatic heterocycles. The number of hydrogen-bond acceptors (Lipinski definition) is 1. The van der Waals surface area contributed by atoms with E-state index in [9.17, 15) is 4.57 Å². The van der Waals surface area contributed by atoms with E-state index < -0.39 is 7.14 Å². The summed E-state index contributed by atoms with van der Waals surface area (Å²) < 4.78 is 17.2. The quantitative estimate of drug-likeness (QED) is 0.165. The highest BCUT2D eigenvalue weighted by atomic mass is 31.2. The Kier molecular flexibility index (Phi) is 7.11. The van der Waals surface area contributed by atoms with Crippen LogP contribution in [-0.2, 0) is 4.57 Å². The van der Waals surface area contributed by atoms with Crippen LogP contribution in [0.15, 0.2) is 194 Å². The predicted molar refractivity (Wildman–Crippen MR) is 209 cm³/mol. The molecule has 0 radical (unpaired) electrons. The van der Waals surface area contributed by atoms with Crippen LogP contribution in [0.5, 0.6) is 0 Å². The van der Waals surface area contributed by atoms with Crippen LogP contribution in [0.1, 0.15) is 0 Å². The zero-order valence-electron chi connectivity index (χ0n) is 26.8. The maximum atomic E-state index is 14.8. The summed E-state index contributed by atoms with van der Waals surface area (Å²) in [6.07, 6.45) is 0. The summed E-state index contributed by atoms with van der Waals surface area (Å²) in [4.78, 5) is 0. The Hall–Kier alpha value is -5.95. The van der Waals surface area contributed by atoms with Gasteiger partial charge in [0, 0.05) is 32.4 Å². The van der Waals surface area contributed by atoms with Gasteiger partial charge in [-0.05, 0) is 63.4 Å². The summed E-state index contributed by atoms with van der Waals surface area (Å²) in [6.45, 7) is 0. The molecule has 0 aliphatic rings. The van der Waals surface area contributed by atoms with Gasteiger partial charge in [0.2, 0.25) is 0 Å². The number of benzene rings is 8. The fraction of sp³-hybridized carbons (Fsp3) is 0. The van der Waals surface area contributed by atoms with E-state index in [0.717, 1.165) is 32.7 Å². The van der Waals surface area contributed by atoms with Crippen LogP contribution < -0.4 is 15.9 Å². The van der Waals surface area contributed by atoms with E-state index in [4.69, 9.17) is 0 Å². The average Bonchev–Trinajstić information content (AvgIpc) is 3.53. The van der Waals surface area contributed by atoms with Crippen molar-refractivity contribution in [2.45, 2.75) is 0 Å². The molecule has 9 aromatic rings. The molecule has 0 atom stereocenters. The van der Waals surface area contributed by atoms with Gasteiger partial charge in [0.05, 0.1) is 11.0 Å². The summed E-state index contributed by atoms with van der Waals surface area (Å²) in [5.41, 5.74) is 8.13. The fourth-order valence-electron chi connectivity index (χ4n) is 7.27. The Morgan fingerprint density at radius 3 is 1.47 bits per heavy atom. The second kappa shape index (κ2) is 11.9. The summed E-state index contributed by atoms with van der Waals surface area (Å²) in [5, 5.41) is 7.55. The van der Waals surface area contributed by atoms with Gasteiger partial charge in [0.15, 0.2) is 7.14 Å². The van der Waals surface area contributed by atoms with Crippen LogP contribution >= 0.6 is 7.14 Å². The largest absolute Gasteiger partial charge is 0.309 e. The zero-order chi connectivity index (χ0) is 32.8. The minimum atomic E-state index is -3.01. The number of fused-ring (bicyclic) bond motifs is 5. The van der Waals surface area contributed by atoms with Crippen LogP contribution in [0, 0.1) is 0 Å². The van der Waals surface area contributed by atoms with Gasteiger partial charge < -0.3 is 9.13 Å². The summed E-state index contributed by atoms with van der Waals surface area (Å²) in [5.74, 6) is 0. The normalized spacial score (nSPS) is 11.8. The highest BCUT2D eigenvalue weighted by molar-refractivity contribution is 7.85. The minimum absolute atomic E-state index is 0.834. The molecule has 0 aliphatic heterocycles. The molecule has 9 rings (SSSR count). The van der Waals surface area contributed by atoms with Crippen molar-refractivity contribution in [2.24, 2.45) is 0 Å². The summed E-state index contributed by atoms with van der Waals surface area (Å²) in [7, 11) is -3.01. The Balaban J connectivity index is 1.10. The monoisotopic (exact) mass is 645 g/mol. The standard InChI is InChI=1S/C46H32NOP/c48-49(39-15-6-2-7-16-39,40-17-8-3-9-18-40)41-28-24-34(25-29-41)33-20-22-35(23-21-33)37-27-30-44-43(32-37)46-42-19-11-10-12-36(42)26-31-45(46)47(44)38-13-4-1-5-14-38/h1-32H. The Morgan fingerprint density at radius 2 is 0.837 bits per heavy atom. The lowest BCUT2D eigenvalue weighted by molar-refractivity contribution is 0.592. The second-order valence-electron chi connectivity index (χ2n) is 12.5. The molecule has 0 aliphatic carbocycles. The maximum absolute atomic E-state index is 14.8. The van der Waals surface area contributed by atoms with Crippen LogP contribution in [0.25, 0.3) is 60.5 Å². The van der Waals surface area contributed by atoms with Crippen LogP contribution in [0.2, 0.25) is 0 Å². The van der Waals surface area contributed by atoms with Gasteiger partial charge in [0.25, 0.3) is 0 Å². The van der Waals surface area contributed by atoms with E-state index in [-0.39, 0.29) is 0 Å². The van der Waals surface area contributed by atoms with E-state index in [1.165, 1.54) is 43.7 Å². The molecule has 0 fully saturated rings. The lowest BCUT2D eigenvalue weighted by Gasteiger charge is -2.20. The number of rotatable bonds is 6. The first-order valence-corrected chi connectivity index (χ1v) is 18.3. The zero-order valence-corrected chi connectivity index (χ0v) is 27.7. The first kappa shape index (κ1) is 29.2.